The van der Waals surface area contributed by atoms with Crippen molar-refractivity contribution < 1.29 is 18.7 Å². The largest absolute Gasteiger partial charge is 0.464 e. The summed E-state index contributed by atoms with van der Waals surface area (Å²) in [4.78, 5) is 39.1. The minimum Gasteiger partial charge on any atom is -0.464 e. The van der Waals surface area contributed by atoms with Crippen molar-refractivity contribution in [3.63, 3.8) is 0 Å². The van der Waals surface area contributed by atoms with Gasteiger partial charge in [0.1, 0.15) is 18.1 Å². The van der Waals surface area contributed by atoms with Gasteiger partial charge < -0.3 is 18.6 Å². The summed E-state index contributed by atoms with van der Waals surface area (Å²) < 4.78 is 12.5. The Kier molecular flexibility index (Phi) is 5.58. The number of aryl methyl sites for hydroxylation is 1. The standard InChI is InChI=1S/C24H22N2O5/c1-16-11-12-17(31-16)13-25(2)22(27)15-30-23(28)14-26-20-9-5-3-7-18(20)24(29)19-8-4-6-10-21(19)26/h3-12H,13-15H2,1-2H3. The van der Waals surface area contributed by atoms with Gasteiger partial charge in [-0.1, -0.05) is 24.3 Å². The van der Waals surface area contributed by atoms with Gasteiger partial charge >= 0.3 is 5.97 Å². The number of hydrogen-bond acceptors (Lipinski definition) is 5. The molecular formula is C24H22N2O5. The molecule has 0 bridgehead atoms. The van der Waals surface area contributed by atoms with E-state index in [0.717, 1.165) is 5.76 Å². The zero-order valence-electron chi connectivity index (χ0n) is 17.3. The summed E-state index contributed by atoms with van der Waals surface area (Å²) in [5.74, 6) is 0.528. The van der Waals surface area contributed by atoms with E-state index in [2.05, 4.69) is 0 Å². The quantitative estimate of drug-likeness (QED) is 0.355. The second-order valence-electron chi connectivity index (χ2n) is 7.37. The lowest BCUT2D eigenvalue weighted by molar-refractivity contribution is -0.152. The molecule has 0 unspecified atom stereocenters. The zero-order valence-corrected chi connectivity index (χ0v) is 17.3. The normalized spacial score (nSPS) is 11.0. The molecule has 0 aliphatic heterocycles. The molecule has 2 aromatic heterocycles. The van der Waals surface area contributed by atoms with Crippen LogP contribution >= 0.6 is 0 Å². The lowest BCUT2D eigenvalue weighted by Crippen LogP contribution is -2.31. The molecule has 158 valence electrons. The number of ether oxygens (including phenoxy) is 1. The van der Waals surface area contributed by atoms with Gasteiger partial charge in [0.25, 0.3) is 5.91 Å². The molecule has 0 radical (unpaired) electrons. The molecule has 0 fully saturated rings. The first-order valence-corrected chi connectivity index (χ1v) is 9.89. The lowest BCUT2D eigenvalue weighted by atomic mass is 10.1. The fourth-order valence-electron chi connectivity index (χ4n) is 3.57. The molecule has 0 aliphatic rings. The highest BCUT2D eigenvalue weighted by atomic mass is 16.5. The molecular weight excluding hydrogens is 396 g/mol. The van der Waals surface area contributed by atoms with E-state index in [1.807, 2.05) is 25.1 Å². The highest BCUT2D eigenvalue weighted by Crippen LogP contribution is 2.19. The van der Waals surface area contributed by atoms with Gasteiger partial charge in [-0.15, -0.1) is 0 Å². The molecule has 0 spiro atoms. The number of amides is 1. The molecule has 2 heterocycles. The van der Waals surface area contributed by atoms with Crippen LogP contribution in [0.2, 0.25) is 0 Å². The Hall–Kier alpha value is -3.87. The number of furan rings is 1. The topological polar surface area (TPSA) is 81.8 Å². The summed E-state index contributed by atoms with van der Waals surface area (Å²) >= 11 is 0. The molecule has 1 amide bonds. The fraction of sp³-hybridized carbons (Fsp3) is 0.208. The van der Waals surface area contributed by atoms with Crippen LogP contribution in [0.3, 0.4) is 0 Å². The SMILES string of the molecule is Cc1ccc(CN(C)C(=O)COC(=O)Cn2c3ccccc3c(=O)c3ccccc32)o1. The molecule has 2 aromatic carbocycles. The van der Waals surface area contributed by atoms with E-state index in [9.17, 15) is 14.4 Å². The van der Waals surface area contributed by atoms with Gasteiger partial charge in [-0.05, 0) is 43.3 Å². The van der Waals surface area contributed by atoms with Gasteiger partial charge in [-0.3, -0.25) is 14.4 Å². The first-order valence-electron chi connectivity index (χ1n) is 9.89. The third kappa shape index (κ3) is 4.21. The Morgan fingerprint density at radius 3 is 2.16 bits per heavy atom. The van der Waals surface area contributed by atoms with E-state index in [1.54, 1.807) is 54.1 Å². The molecule has 7 heteroatoms. The summed E-state index contributed by atoms with van der Waals surface area (Å²) in [5, 5.41) is 1.05. The Balaban J connectivity index is 1.50. The average molecular weight is 418 g/mol. The number of rotatable bonds is 6. The van der Waals surface area contributed by atoms with Crippen LogP contribution in [-0.4, -0.2) is 35.0 Å². The van der Waals surface area contributed by atoms with Gasteiger partial charge in [-0.25, -0.2) is 0 Å². The molecule has 0 N–H and O–H groups in total. The van der Waals surface area contributed by atoms with Crippen molar-refractivity contribution in [1.29, 1.82) is 0 Å². The van der Waals surface area contributed by atoms with E-state index < -0.39 is 5.97 Å². The van der Waals surface area contributed by atoms with Gasteiger partial charge in [0.05, 0.1) is 17.6 Å². The summed E-state index contributed by atoms with van der Waals surface area (Å²) in [6, 6.07) is 17.9. The number of carbonyl (C=O) groups excluding carboxylic acids is 2. The Bertz CT molecular complexity index is 1270. The Morgan fingerprint density at radius 2 is 1.58 bits per heavy atom. The number of carbonyl (C=O) groups is 2. The summed E-state index contributed by atoms with van der Waals surface area (Å²) in [6.07, 6.45) is 0. The van der Waals surface area contributed by atoms with Crippen LogP contribution in [0, 0.1) is 6.92 Å². The van der Waals surface area contributed by atoms with Crippen molar-refractivity contribution >= 4 is 33.7 Å². The number of hydrogen-bond donors (Lipinski definition) is 0. The van der Waals surface area contributed by atoms with Crippen molar-refractivity contribution in [3.05, 3.63) is 82.4 Å². The number of likely N-dealkylation sites (N-methyl/N-ethyl adjacent to an activating group) is 1. The maximum absolute atomic E-state index is 12.8. The number of nitrogens with zero attached hydrogens (tertiary/aromatic N) is 2. The number of fused-ring (bicyclic) bond motifs is 2. The first-order chi connectivity index (χ1) is 14.9. The van der Waals surface area contributed by atoms with Crippen LogP contribution in [0.1, 0.15) is 11.5 Å². The van der Waals surface area contributed by atoms with E-state index in [0.29, 0.717) is 34.1 Å². The minimum absolute atomic E-state index is 0.0826. The van der Waals surface area contributed by atoms with Crippen LogP contribution in [0.15, 0.2) is 69.9 Å². The molecule has 7 nitrogen and oxygen atoms in total. The third-order valence-electron chi connectivity index (χ3n) is 5.14. The van der Waals surface area contributed by atoms with Crippen molar-refractivity contribution in [2.45, 2.75) is 20.0 Å². The highest BCUT2D eigenvalue weighted by molar-refractivity contribution is 5.94. The van der Waals surface area contributed by atoms with Crippen LogP contribution < -0.4 is 5.43 Å². The van der Waals surface area contributed by atoms with Gasteiger partial charge in [0, 0.05) is 17.8 Å². The number of para-hydroxylation sites is 2. The third-order valence-corrected chi connectivity index (χ3v) is 5.14. The fourth-order valence-corrected chi connectivity index (χ4v) is 3.57. The Morgan fingerprint density at radius 1 is 0.968 bits per heavy atom. The smallest absolute Gasteiger partial charge is 0.326 e. The van der Waals surface area contributed by atoms with E-state index in [-0.39, 0.29) is 24.5 Å². The van der Waals surface area contributed by atoms with Crippen LogP contribution in [0.25, 0.3) is 21.8 Å². The van der Waals surface area contributed by atoms with E-state index in [4.69, 9.17) is 9.15 Å². The van der Waals surface area contributed by atoms with Crippen LogP contribution in [0.4, 0.5) is 0 Å². The van der Waals surface area contributed by atoms with E-state index >= 15 is 0 Å². The highest BCUT2D eigenvalue weighted by Gasteiger charge is 2.16. The summed E-state index contributed by atoms with van der Waals surface area (Å²) in [7, 11) is 1.62. The summed E-state index contributed by atoms with van der Waals surface area (Å²) in [5.41, 5.74) is 1.19. The number of benzene rings is 2. The second kappa shape index (κ2) is 8.47. The molecule has 4 rings (SSSR count). The summed E-state index contributed by atoms with van der Waals surface area (Å²) in [6.45, 7) is 1.64. The number of pyridine rings is 1. The maximum atomic E-state index is 12.8. The number of esters is 1. The van der Waals surface area contributed by atoms with Crippen molar-refractivity contribution in [1.82, 2.24) is 9.47 Å². The molecule has 0 aliphatic carbocycles. The lowest BCUT2D eigenvalue weighted by Gasteiger charge is -2.17. The van der Waals surface area contributed by atoms with Crippen molar-refractivity contribution in [3.8, 4) is 0 Å². The van der Waals surface area contributed by atoms with Gasteiger partial charge in [0.15, 0.2) is 12.0 Å². The average Bonchev–Trinajstić information content (AvgIpc) is 3.19. The second-order valence-corrected chi connectivity index (χ2v) is 7.37. The molecule has 0 saturated carbocycles. The predicted octanol–water partition coefficient (Wildman–Crippen LogP) is 3.26. The van der Waals surface area contributed by atoms with Gasteiger partial charge in [-0.2, -0.15) is 0 Å². The monoisotopic (exact) mass is 418 g/mol. The first kappa shape index (κ1) is 20.4. The van der Waals surface area contributed by atoms with Gasteiger partial charge in [0.2, 0.25) is 0 Å². The maximum Gasteiger partial charge on any atom is 0.326 e. The molecule has 31 heavy (non-hydrogen) atoms. The van der Waals surface area contributed by atoms with Crippen LogP contribution in [-0.2, 0) is 27.4 Å². The minimum atomic E-state index is -0.561. The Labute approximate surface area is 178 Å². The number of aromatic nitrogens is 1. The van der Waals surface area contributed by atoms with Crippen LogP contribution in [0.5, 0.6) is 0 Å². The van der Waals surface area contributed by atoms with Crippen molar-refractivity contribution in [2.75, 3.05) is 13.7 Å². The molecule has 4 aromatic rings. The molecule has 0 atom stereocenters. The van der Waals surface area contributed by atoms with E-state index in [1.165, 1.54) is 4.90 Å². The predicted molar refractivity (Wildman–Crippen MR) is 117 cm³/mol. The van der Waals surface area contributed by atoms with Crippen molar-refractivity contribution in [2.24, 2.45) is 0 Å². The molecule has 0 saturated heterocycles. The zero-order chi connectivity index (χ0) is 22.0.